The fourth-order valence-corrected chi connectivity index (χ4v) is 1.66. The molecule has 2 aromatic rings. The van der Waals surface area contributed by atoms with Gasteiger partial charge >= 0.3 is 0 Å². The van der Waals surface area contributed by atoms with E-state index >= 15 is 0 Å². The minimum atomic E-state index is -0.327. The quantitative estimate of drug-likeness (QED) is 0.851. The van der Waals surface area contributed by atoms with Gasteiger partial charge in [-0.1, -0.05) is 0 Å². The molecule has 0 N–H and O–H groups in total. The summed E-state index contributed by atoms with van der Waals surface area (Å²) in [4.78, 5) is 8.32. The summed E-state index contributed by atoms with van der Waals surface area (Å²) in [5, 5.41) is 0. The molecule has 2 rings (SSSR count). The third kappa shape index (κ3) is 2.55. The van der Waals surface area contributed by atoms with Gasteiger partial charge in [-0.25, -0.2) is 14.4 Å². The molecule has 0 unspecified atom stereocenters. The first-order valence-corrected chi connectivity index (χ1v) is 5.64. The van der Waals surface area contributed by atoms with E-state index in [1.165, 1.54) is 19.2 Å². The van der Waals surface area contributed by atoms with Crippen LogP contribution >= 0.6 is 12.6 Å². The Balaban J connectivity index is 2.54. The maximum absolute atomic E-state index is 13.2. The molecule has 0 fully saturated rings. The monoisotopic (exact) mass is 250 g/mol. The van der Waals surface area contributed by atoms with E-state index < -0.39 is 0 Å². The summed E-state index contributed by atoms with van der Waals surface area (Å²) in [5.74, 6) is 1.28. The van der Waals surface area contributed by atoms with Gasteiger partial charge in [-0.05, 0) is 24.3 Å². The van der Waals surface area contributed by atoms with Crippen molar-refractivity contribution in [1.82, 2.24) is 9.97 Å². The third-order valence-electron chi connectivity index (χ3n) is 2.28. The van der Waals surface area contributed by atoms with Crippen molar-refractivity contribution in [3.05, 3.63) is 42.1 Å². The van der Waals surface area contributed by atoms with Gasteiger partial charge in [0.05, 0.1) is 18.6 Å². The molecule has 3 nitrogen and oxygen atoms in total. The van der Waals surface area contributed by atoms with Crippen LogP contribution in [-0.2, 0) is 5.75 Å². The SMILES string of the molecule is COc1ccc(F)cc1-c1ccnc(CS)n1. The first-order valence-electron chi connectivity index (χ1n) is 5.01. The van der Waals surface area contributed by atoms with E-state index in [-0.39, 0.29) is 5.82 Å². The molecule has 88 valence electrons. The van der Waals surface area contributed by atoms with E-state index in [4.69, 9.17) is 4.74 Å². The van der Waals surface area contributed by atoms with Crippen LogP contribution in [0.5, 0.6) is 5.75 Å². The van der Waals surface area contributed by atoms with Gasteiger partial charge in [0.1, 0.15) is 17.4 Å². The van der Waals surface area contributed by atoms with E-state index in [1.54, 1.807) is 18.3 Å². The van der Waals surface area contributed by atoms with E-state index in [0.717, 1.165) is 0 Å². The predicted molar refractivity (Wildman–Crippen MR) is 66.7 cm³/mol. The number of rotatable bonds is 3. The van der Waals surface area contributed by atoms with Crippen LogP contribution in [0.2, 0.25) is 0 Å². The second kappa shape index (κ2) is 5.14. The first kappa shape index (κ1) is 11.9. The average molecular weight is 250 g/mol. The second-order valence-corrected chi connectivity index (χ2v) is 3.68. The molecule has 0 radical (unpaired) electrons. The Morgan fingerprint density at radius 2 is 2.18 bits per heavy atom. The number of ether oxygens (including phenoxy) is 1. The minimum Gasteiger partial charge on any atom is -0.496 e. The summed E-state index contributed by atoms with van der Waals surface area (Å²) in [6.07, 6.45) is 1.62. The molecule has 1 aromatic heterocycles. The number of nitrogens with zero attached hydrogens (tertiary/aromatic N) is 2. The van der Waals surface area contributed by atoms with Crippen molar-refractivity contribution in [1.29, 1.82) is 0 Å². The smallest absolute Gasteiger partial charge is 0.138 e. The Morgan fingerprint density at radius 3 is 2.88 bits per heavy atom. The fraction of sp³-hybridized carbons (Fsp3) is 0.167. The van der Waals surface area contributed by atoms with E-state index in [0.29, 0.717) is 28.6 Å². The molecule has 1 heterocycles. The lowest BCUT2D eigenvalue weighted by molar-refractivity contribution is 0.415. The van der Waals surface area contributed by atoms with Crippen molar-refractivity contribution in [3.8, 4) is 17.0 Å². The van der Waals surface area contributed by atoms with Gasteiger partial charge in [-0.3, -0.25) is 0 Å². The molecule has 0 aliphatic heterocycles. The van der Waals surface area contributed by atoms with Crippen molar-refractivity contribution in [3.63, 3.8) is 0 Å². The van der Waals surface area contributed by atoms with Gasteiger partial charge in [-0.15, -0.1) is 0 Å². The zero-order chi connectivity index (χ0) is 12.3. The maximum atomic E-state index is 13.2. The third-order valence-corrected chi connectivity index (χ3v) is 2.57. The van der Waals surface area contributed by atoms with E-state index in [9.17, 15) is 4.39 Å². The van der Waals surface area contributed by atoms with Crippen LogP contribution in [0.1, 0.15) is 5.82 Å². The number of thiol groups is 1. The van der Waals surface area contributed by atoms with Crippen LogP contribution in [0.4, 0.5) is 4.39 Å². The van der Waals surface area contributed by atoms with Crippen molar-refractivity contribution >= 4 is 12.6 Å². The van der Waals surface area contributed by atoms with Gasteiger partial charge in [-0.2, -0.15) is 12.6 Å². The van der Waals surface area contributed by atoms with Gasteiger partial charge in [0.15, 0.2) is 0 Å². The van der Waals surface area contributed by atoms with Crippen molar-refractivity contribution in [2.45, 2.75) is 5.75 Å². The molecule has 0 spiro atoms. The van der Waals surface area contributed by atoms with Gasteiger partial charge in [0.2, 0.25) is 0 Å². The molecular weight excluding hydrogens is 239 g/mol. The molecule has 0 saturated heterocycles. The summed E-state index contributed by atoms with van der Waals surface area (Å²) in [6.45, 7) is 0. The largest absolute Gasteiger partial charge is 0.496 e. The fourth-order valence-electron chi connectivity index (χ4n) is 1.51. The number of hydrogen-bond donors (Lipinski definition) is 1. The number of halogens is 1. The lowest BCUT2D eigenvalue weighted by Crippen LogP contribution is -1.95. The molecule has 0 aliphatic carbocycles. The molecule has 1 aromatic carbocycles. The summed E-state index contributed by atoms with van der Waals surface area (Å²) in [5.41, 5.74) is 1.23. The lowest BCUT2D eigenvalue weighted by Gasteiger charge is -2.08. The summed E-state index contributed by atoms with van der Waals surface area (Å²) in [6, 6.07) is 6.03. The zero-order valence-electron chi connectivity index (χ0n) is 9.22. The van der Waals surface area contributed by atoms with Crippen molar-refractivity contribution in [2.24, 2.45) is 0 Å². The topological polar surface area (TPSA) is 35.0 Å². The average Bonchev–Trinajstić information content (AvgIpc) is 2.39. The summed E-state index contributed by atoms with van der Waals surface area (Å²) < 4.78 is 18.4. The minimum absolute atomic E-state index is 0.327. The van der Waals surface area contributed by atoms with Crippen LogP contribution in [0.3, 0.4) is 0 Å². The Kier molecular flexibility index (Phi) is 3.58. The molecule has 0 amide bonds. The molecule has 0 bridgehead atoms. The number of benzene rings is 1. The van der Waals surface area contributed by atoms with Gasteiger partial charge < -0.3 is 4.74 Å². The molecular formula is C12H11FN2OS. The normalized spacial score (nSPS) is 10.3. The Hall–Kier alpha value is -1.62. The summed E-state index contributed by atoms with van der Waals surface area (Å²) >= 11 is 4.11. The van der Waals surface area contributed by atoms with Crippen LogP contribution in [0, 0.1) is 5.82 Å². The molecule has 5 heteroatoms. The van der Waals surface area contributed by atoms with E-state index in [2.05, 4.69) is 22.6 Å². The first-order chi connectivity index (χ1) is 8.24. The van der Waals surface area contributed by atoms with Crippen LogP contribution in [0.15, 0.2) is 30.5 Å². The van der Waals surface area contributed by atoms with Crippen molar-refractivity contribution < 1.29 is 9.13 Å². The Bertz CT molecular complexity index is 534. The second-order valence-electron chi connectivity index (χ2n) is 3.36. The highest BCUT2D eigenvalue weighted by molar-refractivity contribution is 7.79. The van der Waals surface area contributed by atoms with Crippen LogP contribution in [-0.4, -0.2) is 17.1 Å². The van der Waals surface area contributed by atoms with Gasteiger partial charge in [0, 0.05) is 11.8 Å². The molecule has 0 aliphatic rings. The molecule has 0 saturated carbocycles. The Labute approximate surface area is 104 Å². The Morgan fingerprint density at radius 1 is 1.35 bits per heavy atom. The maximum Gasteiger partial charge on any atom is 0.138 e. The standard InChI is InChI=1S/C12H11FN2OS/c1-16-11-3-2-8(13)6-9(11)10-4-5-14-12(7-17)15-10/h2-6,17H,7H2,1H3. The van der Waals surface area contributed by atoms with Crippen LogP contribution in [0.25, 0.3) is 11.3 Å². The summed E-state index contributed by atoms with van der Waals surface area (Å²) in [7, 11) is 1.54. The number of hydrogen-bond acceptors (Lipinski definition) is 4. The van der Waals surface area contributed by atoms with Crippen LogP contribution < -0.4 is 4.74 Å². The molecule has 0 atom stereocenters. The lowest BCUT2D eigenvalue weighted by atomic mass is 10.1. The highest BCUT2D eigenvalue weighted by Crippen LogP contribution is 2.29. The number of aromatic nitrogens is 2. The zero-order valence-corrected chi connectivity index (χ0v) is 10.1. The number of methoxy groups -OCH3 is 1. The van der Waals surface area contributed by atoms with Crippen molar-refractivity contribution in [2.75, 3.05) is 7.11 Å². The molecule has 17 heavy (non-hydrogen) atoms. The van der Waals surface area contributed by atoms with E-state index in [1.807, 2.05) is 0 Å². The highest BCUT2D eigenvalue weighted by Gasteiger charge is 2.09. The van der Waals surface area contributed by atoms with Gasteiger partial charge in [0.25, 0.3) is 0 Å². The highest BCUT2D eigenvalue weighted by atomic mass is 32.1. The predicted octanol–water partition coefficient (Wildman–Crippen LogP) is 2.72.